The second kappa shape index (κ2) is 3.58. The molecule has 8 heteroatoms. The molecule has 0 aliphatic heterocycles. The highest BCUT2D eigenvalue weighted by Gasteiger charge is 2.54. The van der Waals surface area contributed by atoms with Crippen LogP contribution in [0.25, 0.3) is 0 Å². The van der Waals surface area contributed by atoms with Gasteiger partial charge in [0.1, 0.15) is 5.25 Å². The molecule has 1 aliphatic rings. The van der Waals surface area contributed by atoms with Gasteiger partial charge in [-0.05, 0) is 12.8 Å². The molecule has 0 spiro atoms. The molecule has 0 aromatic rings. The van der Waals surface area contributed by atoms with Crippen LogP contribution in [0.3, 0.4) is 0 Å². The molecule has 4 nitrogen and oxygen atoms in total. The van der Waals surface area contributed by atoms with Crippen LogP contribution in [0, 0.1) is 0 Å². The first-order chi connectivity index (χ1) is 6.68. The summed E-state index contributed by atoms with van der Waals surface area (Å²) in [6.07, 6.45) is -0.625. The summed E-state index contributed by atoms with van der Waals surface area (Å²) in [5.74, 6) is -2.49. The van der Waals surface area contributed by atoms with Crippen LogP contribution >= 0.6 is 0 Å². The molecule has 0 saturated heterocycles. The Bertz CT molecular complexity index is 395. The Balaban J connectivity index is 3.08. The van der Waals surface area contributed by atoms with E-state index in [4.69, 9.17) is 0 Å². The van der Waals surface area contributed by atoms with Crippen LogP contribution < -0.4 is 0 Å². The van der Waals surface area contributed by atoms with E-state index >= 15 is 0 Å². The molecule has 0 radical (unpaired) electrons. The number of ketones is 2. The van der Waals surface area contributed by atoms with Gasteiger partial charge in [0, 0.05) is 6.42 Å². The molecule has 0 aromatic heterocycles. The predicted molar refractivity (Wildman–Crippen MR) is 42.6 cm³/mol. The molecule has 1 unspecified atom stereocenters. The monoisotopic (exact) mass is 244 g/mol. The average Bonchev–Trinajstić information content (AvgIpc) is 2.07. The third kappa shape index (κ3) is 2.04. The van der Waals surface area contributed by atoms with Crippen LogP contribution in [0.4, 0.5) is 13.2 Å². The molecule has 0 N–H and O–H groups in total. The average molecular weight is 244 g/mol. The highest BCUT2D eigenvalue weighted by molar-refractivity contribution is 7.93. The fourth-order valence-corrected chi connectivity index (χ4v) is 2.55. The van der Waals surface area contributed by atoms with Crippen LogP contribution in [0.5, 0.6) is 0 Å². The van der Waals surface area contributed by atoms with Crippen molar-refractivity contribution in [2.75, 3.05) is 0 Å². The van der Waals surface area contributed by atoms with E-state index in [0.717, 1.165) is 0 Å². The Morgan fingerprint density at radius 2 is 1.73 bits per heavy atom. The van der Waals surface area contributed by atoms with Crippen molar-refractivity contribution in [2.45, 2.75) is 30.0 Å². The van der Waals surface area contributed by atoms with E-state index in [2.05, 4.69) is 0 Å². The number of Topliss-reactive ketones (excluding diaryl/α,β-unsaturated/α-hetero) is 2. The fraction of sp³-hybridized carbons (Fsp3) is 0.714. The second-order valence-corrected chi connectivity index (χ2v) is 5.28. The number of hydrogen-bond acceptors (Lipinski definition) is 4. The van der Waals surface area contributed by atoms with Gasteiger partial charge in [0.15, 0.2) is 5.78 Å². The summed E-state index contributed by atoms with van der Waals surface area (Å²) >= 11 is 0. The SMILES string of the molecule is O=C1CCCC(S(=O)(=O)C(F)(F)F)C1=O. The third-order valence-corrected chi connectivity index (χ3v) is 3.98. The molecule has 0 amide bonds. The first-order valence-corrected chi connectivity index (χ1v) is 5.60. The van der Waals surface area contributed by atoms with Gasteiger partial charge in [0.25, 0.3) is 9.84 Å². The molecular weight excluding hydrogens is 237 g/mol. The van der Waals surface area contributed by atoms with E-state index in [1.54, 1.807) is 0 Å². The Kier molecular flexibility index (Phi) is 2.90. The summed E-state index contributed by atoms with van der Waals surface area (Å²) < 4.78 is 57.9. The lowest BCUT2D eigenvalue weighted by Gasteiger charge is -2.20. The van der Waals surface area contributed by atoms with Gasteiger partial charge in [-0.25, -0.2) is 8.42 Å². The smallest absolute Gasteiger partial charge is 0.291 e. The lowest BCUT2D eigenvalue weighted by atomic mass is 9.98. The highest BCUT2D eigenvalue weighted by atomic mass is 32.2. The molecule has 0 aromatic carbocycles. The minimum absolute atomic E-state index is 0.00938. The third-order valence-electron chi connectivity index (χ3n) is 2.13. The second-order valence-electron chi connectivity index (χ2n) is 3.16. The number of halogens is 3. The summed E-state index contributed by atoms with van der Waals surface area (Å²) in [7, 11) is -5.55. The summed E-state index contributed by atoms with van der Waals surface area (Å²) in [5, 5.41) is -2.24. The van der Waals surface area contributed by atoms with Crippen molar-refractivity contribution >= 4 is 21.4 Å². The Morgan fingerprint density at radius 1 is 1.20 bits per heavy atom. The molecule has 1 fully saturated rings. The molecule has 0 bridgehead atoms. The van der Waals surface area contributed by atoms with E-state index < -0.39 is 38.6 Å². The first kappa shape index (κ1) is 12.2. The van der Waals surface area contributed by atoms with Crippen molar-refractivity contribution in [1.29, 1.82) is 0 Å². The van der Waals surface area contributed by atoms with Crippen molar-refractivity contribution in [3.05, 3.63) is 0 Å². The molecule has 0 heterocycles. The van der Waals surface area contributed by atoms with E-state index in [1.807, 2.05) is 0 Å². The maximum atomic E-state index is 12.1. The van der Waals surface area contributed by atoms with Gasteiger partial charge < -0.3 is 0 Å². The van der Waals surface area contributed by atoms with Gasteiger partial charge in [-0.2, -0.15) is 13.2 Å². The highest BCUT2D eigenvalue weighted by Crippen LogP contribution is 2.31. The van der Waals surface area contributed by atoms with Gasteiger partial charge in [-0.1, -0.05) is 0 Å². The normalized spacial score (nSPS) is 24.3. The Morgan fingerprint density at radius 3 is 2.20 bits per heavy atom. The van der Waals surface area contributed by atoms with E-state index in [0.29, 0.717) is 0 Å². The number of sulfone groups is 1. The zero-order valence-electron chi connectivity index (χ0n) is 7.37. The van der Waals surface area contributed by atoms with Crippen molar-refractivity contribution < 1.29 is 31.2 Å². The van der Waals surface area contributed by atoms with Gasteiger partial charge in [-0.15, -0.1) is 0 Å². The lowest BCUT2D eigenvalue weighted by Crippen LogP contribution is -2.44. The minimum atomic E-state index is -5.55. The molecule has 1 saturated carbocycles. The molecular formula is C7H7F3O4S. The van der Waals surface area contributed by atoms with Crippen LogP contribution in [0.15, 0.2) is 0 Å². The van der Waals surface area contributed by atoms with Crippen LogP contribution in [-0.4, -0.2) is 30.7 Å². The van der Waals surface area contributed by atoms with Crippen LogP contribution in [0.2, 0.25) is 0 Å². The molecule has 1 aliphatic carbocycles. The molecule has 1 rings (SSSR count). The number of hydrogen-bond donors (Lipinski definition) is 0. The largest absolute Gasteiger partial charge is 0.498 e. The summed E-state index contributed by atoms with van der Waals surface area (Å²) in [6.45, 7) is 0. The predicted octanol–water partition coefficient (Wildman–Crippen LogP) is 0.612. The van der Waals surface area contributed by atoms with Gasteiger partial charge in [0.05, 0.1) is 0 Å². The molecule has 15 heavy (non-hydrogen) atoms. The maximum absolute atomic E-state index is 12.1. The number of rotatable bonds is 1. The van der Waals surface area contributed by atoms with Gasteiger partial charge >= 0.3 is 5.51 Å². The van der Waals surface area contributed by atoms with Crippen molar-refractivity contribution in [3.63, 3.8) is 0 Å². The topological polar surface area (TPSA) is 68.3 Å². The van der Waals surface area contributed by atoms with E-state index in [-0.39, 0.29) is 12.8 Å². The maximum Gasteiger partial charge on any atom is 0.498 e. The first-order valence-electron chi connectivity index (χ1n) is 4.05. The fourth-order valence-electron chi connectivity index (χ4n) is 1.34. The zero-order valence-corrected chi connectivity index (χ0v) is 8.19. The molecule has 1 atom stereocenters. The van der Waals surface area contributed by atoms with Crippen molar-refractivity contribution in [3.8, 4) is 0 Å². The number of carbonyl (C=O) groups excluding carboxylic acids is 2. The standard InChI is InChI=1S/C7H7F3O4S/c8-7(9,10)15(13,14)5-3-1-2-4(11)6(5)12/h5H,1-3H2. The van der Waals surface area contributed by atoms with Gasteiger partial charge in [-0.3, -0.25) is 9.59 Å². The Hall–Kier alpha value is -0.920. The lowest BCUT2D eigenvalue weighted by molar-refractivity contribution is -0.138. The molecule has 86 valence electrons. The van der Waals surface area contributed by atoms with Crippen LogP contribution in [-0.2, 0) is 19.4 Å². The van der Waals surface area contributed by atoms with Crippen LogP contribution in [0.1, 0.15) is 19.3 Å². The van der Waals surface area contributed by atoms with Crippen molar-refractivity contribution in [1.82, 2.24) is 0 Å². The summed E-state index contributed by atoms with van der Waals surface area (Å²) in [6, 6.07) is 0. The van der Waals surface area contributed by atoms with Crippen molar-refractivity contribution in [2.24, 2.45) is 0 Å². The Labute approximate surface area is 83.4 Å². The number of carbonyl (C=O) groups is 2. The summed E-state index contributed by atoms with van der Waals surface area (Å²) in [4.78, 5) is 21.8. The quantitative estimate of drug-likeness (QED) is 0.634. The number of alkyl halides is 3. The minimum Gasteiger partial charge on any atom is -0.291 e. The summed E-state index contributed by atoms with van der Waals surface area (Å²) in [5.41, 5.74) is -5.48. The zero-order chi connectivity index (χ0) is 11.9. The van der Waals surface area contributed by atoms with E-state index in [9.17, 15) is 31.2 Å². The van der Waals surface area contributed by atoms with E-state index in [1.165, 1.54) is 0 Å². The van der Waals surface area contributed by atoms with Gasteiger partial charge in [0.2, 0.25) is 5.78 Å².